The number of para-hydroxylation sites is 1. The molecule has 0 radical (unpaired) electrons. The average Bonchev–Trinajstić information content (AvgIpc) is 2.54. The fraction of sp³-hybridized carbons (Fsp3) is 0.176. The molecule has 0 fully saturated rings. The van der Waals surface area contributed by atoms with Crippen LogP contribution in [0.25, 0.3) is 0 Å². The van der Waals surface area contributed by atoms with E-state index in [-0.39, 0.29) is 24.9 Å². The topological polar surface area (TPSA) is 53.3 Å². The number of halogens is 1. The van der Waals surface area contributed by atoms with Gasteiger partial charge in [-0.2, -0.15) is 5.26 Å². The predicted molar refractivity (Wildman–Crippen MR) is 79.5 cm³/mol. The minimum atomic E-state index is -0.349. The highest BCUT2D eigenvalue weighted by molar-refractivity contribution is 5.77. The number of likely N-dealkylation sites (N-methyl/N-ethyl adjacent to an activating group) is 1. The Balaban J connectivity index is 1.95. The van der Waals surface area contributed by atoms with Crippen LogP contribution in [0.15, 0.2) is 48.5 Å². The molecule has 0 bridgehead atoms. The molecule has 0 N–H and O–H groups in total. The van der Waals surface area contributed by atoms with E-state index >= 15 is 0 Å². The summed E-state index contributed by atoms with van der Waals surface area (Å²) in [5.74, 6) is -0.286. The summed E-state index contributed by atoms with van der Waals surface area (Å²) in [6, 6.07) is 15.0. The molecule has 0 unspecified atom stereocenters. The molecule has 0 saturated heterocycles. The van der Waals surface area contributed by atoms with E-state index in [1.165, 1.54) is 11.0 Å². The molecule has 5 heteroatoms. The van der Waals surface area contributed by atoms with Crippen molar-refractivity contribution in [1.29, 1.82) is 5.26 Å². The summed E-state index contributed by atoms with van der Waals surface area (Å²) in [4.78, 5) is 13.4. The molecule has 0 atom stereocenters. The second-order valence-electron chi connectivity index (χ2n) is 4.74. The van der Waals surface area contributed by atoms with Crippen molar-refractivity contribution in [3.05, 3.63) is 65.5 Å². The molecule has 4 nitrogen and oxygen atoms in total. The summed E-state index contributed by atoms with van der Waals surface area (Å²) in [5, 5.41) is 8.95. The predicted octanol–water partition coefficient (Wildman–Crippen LogP) is 2.73. The number of nitrogens with zero attached hydrogens (tertiary/aromatic N) is 2. The minimum absolute atomic E-state index is 0.161. The smallest absolute Gasteiger partial charge is 0.260 e. The molecular weight excluding hydrogens is 283 g/mol. The lowest BCUT2D eigenvalue weighted by atomic mass is 10.2. The van der Waals surface area contributed by atoms with Crippen molar-refractivity contribution in [2.75, 3.05) is 13.7 Å². The van der Waals surface area contributed by atoms with Gasteiger partial charge in [0, 0.05) is 19.2 Å². The van der Waals surface area contributed by atoms with E-state index in [0.29, 0.717) is 16.9 Å². The quantitative estimate of drug-likeness (QED) is 0.853. The van der Waals surface area contributed by atoms with E-state index in [0.717, 1.165) is 0 Å². The van der Waals surface area contributed by atoms with Crippen LogP contribution in [0.4, 0.5) is 4.39 Å². The summed E-state index contributed by atoms with van der Waals surface area (Å²) in [5.41, 5.74) is 0.808. The number of nitriles is 1. The molecule has 0 saturated carbocycles. The molecule has 0 aliphatic rings. The number of carbonyl (C=O) groups excluding carboxylic acids is 1. The Morgan fingerprint density at radius 3 is 2.64 bits per heavy atom. The third-order valence-electron chi connectivity index (χ3n) is 3.15. The van der Waals surface area contributed by atoms with Crippen molar-refractivity contribution in [1.82, 2.24) is 4.90 Å². The maximum Gasteiger partial charge on any atom is 0.260 e. The highest BCUT2D eigenvalue weighted by Crippen LogP contribution is 2.16. The van der Waals surface area contributed by atoms with E-state index in [1.807, 2.05) is 6.07 Å². The van der Waals surface area contributed by atoms with Crippen LogP contribution in [0.5, 0.6) is 5.75 Å². The number of ether oxygens (including phenoxy) is 1. The second-order valence-corrected chi connectivity index (χ2v) is 4.74. The van der Waals surface area contributed by atoms with Crippen molar-refractivity contribution in [2.24, 2.45) is 0 Å². The first-order valence-corrected chi connectivity index (χ1v) is 6.71. The largest absolute Gasteiger partial charge is 0.482 e. The molecule has 1 amide bonds. The molecule has 112 valence electrons. The zero-order chi connectivity index (χ0) is 15.9. The molecule has 2 aromatic rings. The van der Waals surface area contributed by atoms with Crippen LogP contribution in [0, 0.1) is 17.1 Å². The lowest BCUT2D eigenvalue weighted by Gasteiger charge is -2.18. The Morgan fingerprint density at radius 1 is 1.23 bits per heavy atom. The van der Waals surface area contributed by atoms with Crippen molar-refractivity contribution in [3.8, 4) is 11.8 Å². The zero-order valence-electron chi connectivity index (χ0n) is 12.1. The zero-order valence-corrected chi connectivity index (χ0v) is 12.1. The highest BCUT2D eigenvalue weighted by atomic mass is 19.1. The maximum atomic E-state index is 13.6. The van der Waals surface area contributed by atoms with Gasteiger partial charge in [0.15, 0.2) is 6.61 Å². The Kier molecular flexibility index (Phi) is 5.10. The van der Waals surface area contributed by atoms with Gasteiger partial charge in [-0.3, -0.25) is 4.79 Å². The van der Waals surface area contributed by atoms with E-state index in [2.05, 4.69) is 0 Å². The molecule has 0 aliphatic carbocycles. The Hall–Kier alpha value is -2.87. The molecule has 0 heterocycles. The summed E-state index contributed by atoms with van der Waals surface area (Å²) < 4.78 is 18.9. The maximum absolute atomic E-state index is 13.6. The summed E-state index contributed by atoms with van der Waals surface area (Å²) >= 11 is 0. The van der Waals surface area contributed by atoms with Gasteiger partial charge in [-0.25, -0.2) is 4.39 Å². The number of amides is 1. The number of hydrogen-bond donors (Lipinski definition) is 0. The monoisotopic (exact) mass is 298 g/mol. The second kappa shape index (κ2) is 7.23. The van der Waals surface area contributed by atoms with Crippen LogP contribution in [0.1, 0.15) is 11.1 Å². The molecular formula is C17H15FN2O2. The minimum Gasteiger partial charge on any atom is -0.482 e. The van der Waals surface area contributed by atoms with E-state index in [9.17, 15) is 9.18 Å². The number of carbonyl (C=O) groups is 1. The average molecular weight is 298 g/mol. The fourth-order valence-electron chi connectivity index (χ4n) is 1.90. The van der Waals surface area contributed by atoms with Crippen molar-refractivity contribution >= 4 is 5.91 Å². The van der Waals surface area contributed by atoms with Gasteiger partial charge in [-0.05, 0) is 18.2 Å². The Bertz CT molecular complexity index is 710. The number of hydrogen-bond acceptors (Lipinski definition) is 3. The van der Waals surface area contributed by atoms with Crippen LogP contribution in [-0.2, 0) is 11.3 Å². The van der Waals surface area contributed by atoms with Crippen molar-refractivity contribution in [2.45, 2.75) is 6.54 Å². The summed E-state index contributed by atoms with van der Waals surface area (Å²) in [6.45, 7) is -0.0432. The molecule has 0 aliphatic heterocycles. The normalized spacial score (nSPS) is 9.86. The Morgan fingerprint density at radius 2 is 1.91 bits per heavy atom. The third-order valence-corrected chi connectivity index (χ3v) is 3.15. The van der Waals surface area contributed by atoms with Crippen LogP contribution in [-0.4, -0.2) is 24.5 Å². The standard InChI is InChI=1S/C17H15FN2O2/c1-20(11-14-7-2-4-8-15(14)18)17(21)12-22-16-9-5-3-6-13(16)10-19/h2-9H,11-12H2,1H3. The first kappa shape index (κ1) is 15.5. The van der Waals surface area contributed by atoms with Gasteiger partial charge in [0.05, 0.1) is 5.56 Å². The first-order valence-electron chi connectivity index (χ1n) is 6.71. The van der Waals surface area contributed by atoms with Crippen LogP contribution < -0.4 is 4.74 Å². The lowest BCUT2D eigenvalue weighted by Crippen LogP contribution is -2.31. The van der Waals surface area contributed by atoms with E-state index < -0.39 is 0 Å². The SMILES string of the molecule is CN(Cc1ccccc1F)C(=O)COc1ccccc1C#N. The van der Waals surface area contributed by atoms with E-state index in [1.54, 1.807) is 49.5 Å². The van der Waals surface area contributed by atoms with Gasteiger partial charge in [-0.15, -0.1) is 0 Å². The highest BCUT2D eigenvalue weighted by Gasteiger charge is 2.13. The van der Waals surface area contributed by atoms with Crippen LogP contribution >= 0.6 is 0 Å². The first-order chi connectivity index (χ1) is 10.6. The molecule has 0 aromatic heterocycles. The molecule has 2 aromatic carbocycles. The number of benzene rings is 2. The van der Waals surface area contributed by atoms with Crippen LogP contribution in [0.3, 0.4) is 0 Å². The summed E-state index contributed by atoms with van der Waals surface area (Å²) in [7, 11) is 1.58. The van der Waals surface area contributed by atoms with Crippen molar-refractivity contribution < 1.29 is 13.9 Å². The third kappa shape index (κ3) is 3.83. The van der Waals surface area contributed by atoms with Gasteiger partial charge >= 0.3 is 0 Å². The van der Waals surface area contributed by atoms with E-state index in [4.69, 9.17) is 10.00 Å². The lowest BCUT2D eigenvalue weighted by molar-refractivity contribution is -0.132. The van der Waals surface area contributed by atoms with Crippen molar-refractivity contribution in [3.63, 3.8) is 0 Å². The van der Waals surface area contributed by atoms with Gasteiger partial charge < -0.3 is 9.64 Å². The van der Waals surface area contributed by atoms with Gasteiger partial charge in [0.1, 0.15) is 17.6 Å². The van der Waals surface area contributed by atoms with Gasteiger partial charge in [0.25, 0.3) is 5.91 Å². The fourth-order valence-corrected chi connectivity index (χ4v) is 1.90. The summed E-state index contributed by atoms with van der Waals surface area (Å²) in [6.07, 6.45) is 0. The van der Waals surface area contributed by atoms with Gasteiger partial charge in [0.2, 0.25) is 0 Å². The molecule has 0 spiro atoms. The van der Waals surface area contributed by atoms with Gasteiger partial charge in [-0.1, -0.05) is 30.3 Å². The number of rotatable bonds is 5. The Labute approximate surface area is 128 Å². The molecule has 2 rings (SSSR count). The molecule has 22 heavy (non-hydrogen) atoms. The van der Waals surface area contributed by atoms with Crippen LogP contribution in [0.2, 0.25) is 0 Å².